The molecule has 0 radical (unpaired) electrons. The minimum atomic E-state index is -0.104. The molecule has 1 aromatic rings. The van der Waals surface area contributed by atoms with Crippen molar-refractivity contribution in [1.82, 2.24) is 0 Å². The van der Waals surface area contributed by atoms with Crippen LogP contribution in [0.3, 0.4) is 0 Å². The van der Waals surface area contributed by atoms with Gasteiger partial charge >= 0.3 is 0 Å². The summed E-state index contributed by atoms with van der Waals surface area (Å²) in [5.41, 5.74) is 7.32. The van der Waals surface area contributed by atoms with Gasteiger partial charge in [-0.3, -0.25) is 0 Å². The maximum Gasteiger partial charge on any atom is 0.0453 e. The van der Waals surface area contributed by atoms with Gasteiger partial charge in [-0.05, 0) is 37.0 Å². The van der Waals surface area contributed by atoms with Crippen LogP contribution in [0.15, 0.2) is 18.2 Å². The Labute approximate surface area is 107 Å². The van der Waals surface area contributed by atoms with Crippen LogP contribution < -0.4 is 5.73 Å². The molecule has 0 bridgehead atoms. The molecule has 1 aromatic carbocycles. The van der Waals surface area contributed by atoms with Crippen LogP contribution in [0.4, 0.5) is 0 Å². The Bertz CT molecular complexity index is 350. The van der Waals surface area contributed by atoms with Crippen molar-refractivity contribution in [3.05, 3.63) is 33.8 Å². The molecule has 0 saturated heterocycles. The van der Waals surface area contributed by atoms with Crippen LogP contribution in [-0.4, -0.2) is 5.54 Å². The zero-order valence-electron chi connectivity index (χ0n) is 9.31. The van der Waals surface area contributed by atoms with Crippen LogP contribution in [0.5, 0.6) is 0 Å². The van der Waals surface area contributed by atoms with E-state index >= 15 is 0 Å². The topological polar surface area (TPSA) is 26.0 Å². The summed E-state index contributed by atoms with van der Waals surface area (Å²) in [6, 6.07) is 5.64. The first kappa shape index (κ1) is 12.2. The second-order valence-electron chi connectivity index (χ2n) is 4.80. The summed E-state index contributed by atoms with van der Waals surface area (Å²) in [7, 11) is 0. The van der Waals surface area contributed by atoms with Gasteiger partial charge in [-0.15, -0.1) is 0 Å². The lowest BCUT2D eigenvalue weighted by atomic mass is 9.78. The Morgan fingerprint density at radius 2 is 1.62 bits per heavy atom. The summed E-state index contributed by atoms with van der Waals surface area (Å²) in [4.78, 5) is 0. The van der Waals surface area contributed by atoms with Crippen molar-refractivity contribution in [3.8, 4) is 0 Å². The summed E-state index contributed by atoms with van der Waals surface area (Å²) < 4.78 is 0. The third-order valence-corrected chi connectivity index (χ3v) is 4.15. The molecule has 1 aliphatic carbocycles. The molecule has 16 heavy (non-hydrogen) atoms. The van der Waals surface area contributed by atoms with Crippen molar-refractivity contribution >= 4 is 23.2 Å². The minimum Gasteiger partial charge on any atom is -0.325 e. The standard InChI is InChI=1S/C13H17Cl2N/c14-11-5-4-6-12(15)10(11)9-13(16)7-2-1-3-8-13/h4-6H,1-3,7-9,16H2. The first-order chi connectivity index (χ1) is 7.61. The average Bonchev–Trinajstić information content (AvgIpc) is 2.25. The fraction of sp³-hybridized carbons (Fsp3) is 0.538. The molecule has 0 amide bonds. The number of hydrogen-bond donors (Lipinski definition) is 1. The number of nitrogens with two attached hydrogens (primary N) is 1. The Kier molecular flexibility index (Phi) is 3.78. The van der Waals surface area contributed by atoms with Gasteiger partial charge in [0.05, 0.1) is 0 Å². The first-order valence-corrected chi connectivity index (χ1v) is 6.58. The molecular formula is C13H17Cl2N. The number of rotatable bonds is 2. The van der Waals surface area contributed by atoms with Gasteiger partial charge < -0.3 is 5.73 Å². The number of benzene rings is 1. The second kappa shape index (κ2) is 4.95. The quantitative estimate of drug-likeness (QED) is 0.845. The van der Waals surface area contributed by atoms with E-state index in [1.165, 1.54) is 19.3 Å². The van der Waals surface area contributed by atoms with Crippen molar-refractivity contribution in [2.75, 3.05) is 0 Å². The molecule has 2 rings (SSSR count). The fourth-order valence-corrected chi connectivity index (χ4v) is 3.02. The molecule has 0 aliphatic heterocycles. The van der Waals surface area contributed by atoms with Gasteiger partial charge in [-0.1, -0.05) is 48.5 Å². The Hall–Kier alpha value is -0.240. The summed E-state index contributed by atoms with van der Waals surface area (Å²) in [6.07, 6.45) is 6.70. The van der Waals surface area contributed by atoms with E-state index < -0.39 is 0 Å². The van der Waals surface area contributed by atoms with Gasteiger partial charge in [0.25, 0.3) is 0 Å². The zero-order chi connectivity index (χ0) is 11.6. The van der Waals surface area contributed by atoms with Gasteiger partial charge in [0.15, 0.2) is 0 Å². The highest BCUT2D eigenvalue weighted by Crippen LogP contribution is 2.33. The second-order valence-corrected chi connectivity index (χ2v) is 5.61. The van der Waals surface area contributed by atoms with E-state index in [-0.39, 0.29) is 5.54 Å². The maximum absolute atomic E-state index is 6.41. The van der Waals surface area contributed by atoms with Crippen LogP contribution in [0, 0.1) is 0 Å². The molecule has 0 unspecified atom stereocenters. The van der Waals surface area contributed by atoms with E-state index in [9.17, 15) is 0 Å². The molecule has 2 N–H and O–H groups in total. The van der Waals surface area contributed by atoms with Gasteiger partial charge in [0, 0.05) is 15.6 Å². The molecule has 0 aromatic heterocycles. The molecule has 0 heterocycles. The summed E-state index contributed by atoms with van der Waals surface area (Å²) in [5.74, 6) is 0. The van der Waals surface area contributed by atoms with E-state index in [2.05, 4.69) is 0 Å². The van der Waals surface area contributed by atoms with Crippen LogP contribution in [-0.2, 0) is 6.42 Å². The fourth-order valence-electron chi connectivity index (χ4n) is 2.49. The lowest BCUT2D eigenvalue weighted by molar-refractivity contribution is 0.294. The predicted molar refractivity (Wildman–Crippen MR) is 70.2 cm³/mol. The molecule has 0 atom stereocenters. The monoisotopic (exact) mass is 257 g/mol. The van der Waals surface area contributed by atoms with E-state index in [0.717, 1.165) is 34.9 Å². The van der Waals surface area contributed by atoms with Crippen molar-refractivity contribution in [3.63, 3.8) is 0 Å². The van der Waals surface area contributed by atoms with Crippen LogP contribution >= 0.6 is 23.2 Å². The molecule has 1 nitrogen and oxygen atoms in total. The van der Waals surface area contributed by atoms with E-state index in [0.29, 0.717) is 0 Å². The molecule has 3 heteroatoms. The van der Waals surface area contributed by atoms with Crippen LogP contribution in [0.2, 0.25) is 10.0 Å². The normalized spacial score (nSPS) is 19.7. The van der Waals surface area contributed by atoms with Crippen molar-refractivity contribution < 1.29 is 0 Å². The molecular weight excluding hydrogens is 241 g/mol. The van der Waals surface area contributed by atoms with Crippen molar-refractivity contribution in [1.29, 1.82) is 0 Å². The van der Waals surface area contributed by atoms with Gasteiger partial charge in [0.2, 0.25) is 0 Å². The number of hydrogen-bond acceptors (Lipinski definition) is 1. The van der Waals surface area contributed by atoms with Gasteiger partial charge in [-0.2, -0.15) is 0 Å². The first-order valence-electron chi connectivity index (χ1n) is 5.82. The Morgan fingerprint density at radius 3 is 2.19 bits per heavy atom. The third kappa shape index (κ3) is 2.71. The van der Waals surface area contributed by atoms with E-state index in [1.54, 1.807) is 0 Å². The highest BCUT2D eigenvalue weighted by Gasteiger charge is 2.29. The smallest absolute Gasteiger partial charge is 0.0453 e. The summed E-state index contributed by atoms with van der Waals surface area (Å²) in [5, 5.41) is 1.48. The SMILES string of the molecule is NC1(Cc2c(Cl)cccc2Cl)CCCCC1. The number of halogens is 2. The van der Waals surface area contributed by atoms with Crippen molar-refractivity contribution in [2.24, 2.45) is 5.73 Å². The average molecular weight is 258 g/mol. The van der Waals surface area contributed by atoms with E-state index in [1.807, 2.05) is 18.2 Å². The van der Waals surface area contributed by atoms with Crippen molar-refractivity contribution in [2.45, 2.75) is 44.1 Å². The third-order valence-electron chi connectivity index (χ3n) is 3.44. The minimum absolute atomic E-state index is 0.104. The highest BCUT2D eigenvalue weighted by molar-refractivity contribution is 6.36. The summed E-state index contributed by atoms with van der Waals surface area (Å²) >= 11 is 12.3. The van der Waals surface area contributed by atoms with Gasteiger partial charge in [-0.25, -0.2) is 0 Å². The summed E-state index contributed by atoms with van der Waals surface area (Å²) in [6.45, 7) is 0. The molecule has 1 aliphatic rings. The molecule has 1 saturated carbocycles. The van der Waals surface area contributed by atoms with E-state index in [4.69, 9.17) is 28.9 Å². The largest absolute Gasteiger partial charge is 0.325 e. The molecule has 88 valence electrons. The zero-order valence-corrected chi connectivity index (χ0v) is 10.8. The predicted octanol–water partition coefficient (Wildman–Crippen LogP) is 4.20. The lowest BCUT2D eigenvalue weighted by Crippen LogP contribution is -2.43. The Morgan fingerprint density at radius 1 is 1.06 bits per heavy atom. The molecule has 0 spiro atoms. The maximum atomic E-state index is 6.41. The van der Waals surface area contributed by atoms with Crippen LogP contribution in [0.1, 0.15) is 37.7 Å². The van der Waals surface area contributed by atoms with Gasteiger partial charge in [0.1, 0.15) is 0 Å². The van der Waals surface area contributed by atoms with Crippen LogP contribution in [0.25, 0.3) is 0 Å². The highest BCUT2D eigenvalue weighted by atomic mass is 35.5. The Balaban J connectivity index is 2.19. The molecule has 1 fully saturated rings. The lowest BCUT2D eigenvalue weighted by Gasteiger charge is -2.34.